The largest absolute Gasteiger partial charge is 0.490 e. The molecule has 0 aromatic heterocycles. The Labute approximate surface area is 210 Å². The quantitative estimate of drug-likeness (QED) is 0.258. The molecule has 0 heterocycles. The highest BCUT2D eigenvalue weighted by molar-refractivity contribution is 5.81. The summed E-state index contributed by atoms with van der Waals surface area (Å²) in [6.07, 6.45) is -1.32. The van der Waals surface area contributed by atoms with Crippen molar-refractivity contribution in [2.24, 2.45) is 5.10 Å². The van der Waals surface area contributed by atoms with Gasteiger partial charge in [-0.2, -0.15) is 5.10 Å². The van der Waals surface area contributed by atoms with Crippen LogP contribution in [-0.2, 0) is 14.3 Å². The van der Waals surface area contributed by atoms with Crippen molar-refractivity contribution in [1.29, 1.82) is 0 Å². The fourth-order valence-electron chi connectivity index (χ4n) is 3.13. The van der Waals surface area contributed by atoms with Gasteiger partial charge in [-0.15, -0.1) is 0 Å². The highest BCUT2D eigenvalue weighted by atomic mass is 16.6. The Morgan fingerprint density at radius 1 is 0.917 bits per heavy atom. The highest BCUT2D eigenvalue weighted by Gasteiger charge is 2.24. The Bertz CT molecular complexity index is 1100. The zero-order valence-corrected chi connectivity index (χ0v) is 20.5. The van der Waals surface area contributed by atoms with E-state index in [4.69, 9.17) is 14.2 Å². The molecular weight excluding hydrogens is 460 g/mol. The van der Waals surface area contributed by atoms with Crippen LogP contribution in [0.3, 0.4) is 0 Å². The van der Waals surface area contributed by atoms with E-state index in [0.717, 1.165) is 11.1 Å². The standard InChI is InChI=1S/C28H30N2O6/c1-28(2,3)36-27(33)30-29-18-20-14-16-23(17-15-20)34-19-24(31)26(32)35-25(21-10-6-4-7-11-21)22-12-8-5-9-13-22/h4-18,24-25,31H,19H2,1-3H3,(H,30,33). The van der Waals surface area contributed by atoms with E-state index in [1.807, 2.05) is 60.7 Å². The van der Waals surface area contributed by atoms with E-state index in [2.05, 4.69) is 10.5 Å². The third kappa shape index (κ3) is 8.56. The zero-order valence-electron chi connectivity index (χ0n) is 20.5. The predicted octanol–water partition coefficient (Wildman–Crippen LogP) is 4.62. The minimum Gasteiger partial charge on any atom is -0.490 e. The number of hydrogen-bond acceptors (Lipinski definition) is 7. The summed E-state index contributed by atoms with van der Waals surface area (Å²) < 4.78 is 16.3. The van der Waals surface area contributed by atoms with Crippen molar-refractivity contribution in [3.05, 3.63) is 102 Å². The van der Waals surface area contributed by atoms with E-state index in [1.54, 1.807) is 45.0 Å². The van der Waals surface area contributed by atoms with Crippen LogP contribution in [0.15, 0.2) is 90.0 Å². The lowest BCUT2D eigenvalue weighted by Gasteiger charge is -2.21. The third-order valence-corrected chi connectivity index (χ3v) is 4.77. The van der Waals surface area contributed by atoms with Crippen LogP contribution in [0, 0.1) is 0 Å². The molecule has 8 heteroatoms. The first-order valence-electron chi connectivity index (χ1n) is 11.4. The van der Waals surface area contributed by atoms with E-state index in [9.17, 15) is 14.7 Å². The Hall–Kier alpha value is -4.17. The summed E-state index contributed by atoms with van der Waals surface area (Å²) in [5.74, 6) is -0.341. The average Bonchev–Trinajstić information content (AvgIpc) is 2.86. The van der Waals surface area contributed by atoms with Gasteiger partial charge in [0.15, 0.2) is 12.2 Å². The Morgan fingerprint density at radius 2 is 1.47 bits per heavy atom. The smallest absolute Gasteiger partial charge is 0.428 e. The summed E-state index contributed by atoms with van der Waals surface area (Å²) in [6, 6.07) is 25.4. The first-order valence-corrected chi connectivity index (χ1v) is 11.4. The van der Waals surface area contributed by atoms with E-state index in [0.29, 0.717) is 11.3 Å². The molecule has 3 aromatic rings. The molecule has 36 heavy (non-hydrogen) atoms. The summed E-state index contributed by atoms with van der Waals surface area (Å²) in [6.45, 7) is 5.01. The lowest BCUT2D eigenvalue weighted by molar-refractivity contribution is -0.159. The minimum atomic E-state index is -1.47. The van der Waals surface area contributed by atoms with Crippen LogP contribution in [0.1, 0.15) is 43.6 Å². The van der Waals surface area contributed by atoms with Gasteiger partial charge in [0, 0.05) is 0 Å². The molecular formula is C28H30N2O6. The number of hydrogen-bond donors (Lipinski definition) is 2. The molecule has 0 fully saturated rings. The summed E-state index contributed by atoms with van der Waals surface area (Å²) >= 11 is 0. The monoisotopic (exact) mass is 490 g/mol. The molecule has 188 valence electrons. The number of carbonyl (C=O) groups is 2. The number of carbonyl (C=O) groups excluding carboxylic acids is 2. The summed E-state index contributed by atoms with van der Waals surface area (Å²) in [7, 11) is 0. The summed E-state index contributed by atoms with van der Waals surface area (Å²) in [5, 5.41) is 14.2. The van der Waals surface area contributed by atoms with Gasteiger partial charge in [-0.1, -0.05) is 60.7 Å². The van der Waals surface area contributed by atoms with Gasteiger partial charge >= 0.3 is 12.1 Å². The fraction of sp³-hybridized carbons (Fsp3) is 0.250. The van der Waals surface area contributed by atoms with Gasteiger partial charge in [-0.3, -0.25) is 0 Å². The number of benzene rings is 3. The van der Waals surface area contributed by atoms with Crippen LogP contribution in [-0.4, -0.2) is 41.7 Å². The molecule has 0 aliphatic rings. The molecule has 1 atom stereocenters. The maximum absolute atomic E-state index is 12.6. The minimum absolute atomic E-state index is 0.275. The average molecular weight is 491 g/mol. The highest BCUT2D eigenvalue weighted by Crippen LogP contribution is 2.26. The van der Waals surface area contributed by atoms with Crippen LogP contribution in [0.25, 0.3) is 0 Å². The van der Waals surface area contributed by atoms with Crippen LogP contribution < -0.4 is 10.2 Å². The van der Waals surface area contributed by atoms with Crippen molar-refractivity contribution in [2.75, 3.05) is 6.61 Å². The molecule has 0 saturated carbocycles. The van der Waals surface area contributed by atoms with E-state index >= 15 is 0 Å². The first-order chi connectivity index (χ1) is 17.2. The first kappa shape index (κ1) is 26.4. The summed E-state index contributed by atoms with van der Waals surface area (Å²) in [5.41, 5.74) is 3.97. The molecule has 8 nitrogen and oxygen atoms in total. The van der Waals surface area contributed by atoms with Gasteiger partial charge in [0.05, 0.1) is 6.21 Å². The van der Waals surface area contributed by atoms with Crippen molar-refractivity contribution in [2.45, 2.75) is 38.6 Å². The van der Waals surface area contributed by atoms with Crippen LogP contribution in [0.5, 0.6) is 5.75 Å². The Kier molecular flexibility index (Phi) is 9.19. The summed E-state index contributed by atoms with van der Waals surface area (Å²) in [4.78, 5) is 24.2. The second-order valence-corrected chi connectivity index (χ2v) is 8.91. The van der Waals surface area contributed by atoms with E-state index in [1.165, 1.54) is 6.21 Å². The van der Waals surface area contributed by atoms with Crippen LogP contribution in [0.2, 0.25) is 0 Å². The molecule has 1 unspecified atom stereocenters. The second-order valence-electron chi connectivity index (χ2n) is 8.91. The number of rotatable bonds is 9. The number of nitrogens with zero attached hydrogens (tertiary/aromatic N) is 1. The maximum atomic E-state index is 12.6. The number of amides is 1. The normalized spacial score (nSPS) is 12.2. The molecule has 0 bridgehead atoms. The molecule has 0 spiro atoms. The molecule has 0 radical (unpaired) electrons. The van der Waals surface area contributed by atoms with Crippen molar-refractivity contribution in [1.82, 2.24) is 5.43 Å². The fourth-order valence-corrected chi connectivity index (χ4v) is 3.13. The topological polar surface area (TPSA) is 106 Å². The van der Waals surface area contributed by atoms with Gasteiger partial charge < -0.3 is 19.3 Å². The number of ether oxygens (including phenoxy) is 3. The van der Waals surface area contributed by atoms with Crippen molar-refractivity contribution in [3.63, 3.8) is 0 Å². The number of esters is 1. The number of hydrazone groups is 1. The van der Waals surface area contributed by atoms with E-state index in [-0.39, 0.29) is 6.61 Å². The maximum Gasteiger partial charge on any atom is 0.428 e. The molecule has 3 rings (SSSR count). The van der Waals surface area contributed by atoms with Gasteiger partial charge in [-0.25, -0.2) is 15.0 Å². The third-order valence-electron chi connectivity index (χ3n) is 4.77. The van der Waals surface area contributed by atoms with Crippen molar-refractivity contribution in [3.8, 4) is 5.75 Å². The Morgan fingerprint density at radius 3 is 2.00 bits per heavy atom. The van der Waals surface area contributed by atoms with E-state index < -0.39 is 29.9 Å². The Balaban J connectivity index is 1.52. The molecule has 0 saturated heterocycles. The second kappa shape index (κ2) is 12.5. The van der Waals surface area contributed by atoms with Gasteiger partial charge in [0.2, 0.25) is 0 Å². The molecule has 2 N–H and O–H groups in total. The van der Waals surface area contributed by atoms with Gasteiger partial charge in [-0.05, 0) is 61.7 Å². The predicted molar refractivity (Wildman–Crippen MR) is 136 cm³/mol. The molecule has 1 amide bonds. The number of nitrogens with one attached hydrogen (secondary N) is 1. The number of aliphatic hydroxyl groups excluding tert-OH is 1. The van der Waals surface area contributed by atoms with Crippen molar-refractivity contribution < 1.29 is 28.9 Å². The van der Waals surface area contributed by atoms with Crippen LogP contribution >= 0.6 is 0 Å². The number of aliphatic hydroxyl groups is 1. The molecule has 3 aromatic carbocycles. The van der Waals surface area contributed by atoms with Gasteiger partial charge in [0.25, 0.3) is 0 Å². The zero-order chi connectivity index (χ0) is 26.0. The van der Waals surface area contributed by atoms with Crippen molar-refractivity contribution >= 4 is 18.3 Å². The SMILES string of the molecule is CC(C)(C)OC(=O)NN=Cc1ccc(OCC(O)C(=O)OC(c2ccccc2)c2ccccc2)cc1. The van der Waals surface area contributed by atoms with Crippen LogP contribution in [0.4, 0.5) is 4.79 Å². The lowest BCUT2D eigenvalue weighted by atomic mass is 10.0. The molecule has 0 aliphatic heterocycles. The molecule has 0 aliphatic carbocycles. The van der Waals surface area contributed by atoms with Gasteiger partial charge in [0.1, 0.15) is 18.0 Å². The lowest BCUT2D eigenvalue weighted by Crippen LogP contribution is -2.30.